The summed E-state index contributed by atoms with van der Waals surface area (Å²) in [7, 11) is 0. The average Bonchev–Trinajstić information content (AvgIpc) is 2.87. The predicted molar refractivity (Wildman–Crippen MR) is 94.5 cm³/mol. The van der Waals surface area contributed by atoms with Gasteiger partial charge in [0, 0.05) is 12.0 Å². The zero-order valence-corrected chi connectivity index (χ0v) is 15.6. The van der Waals surface area contributed by atoms with E-state index in [0.717, 1.165) is 57.7 Å². The van der Waals surface area contributed by atoms with Crippen molar-refractivity contribution in [2.24, 2.45) is 11.3 Å². The Labute approximate surface area is 145 Å². The Morgan fingerprint density at radius 3 is 2.62 bits per heavy atom. The minimum Gasteiger partial charge on any atom is -0.493 e. The van der Waals surface area contributed by atoms with Crippen LogP contribution < -0.4 is 0 Å². The van der Waals surface area contributed by atoms with E-state index in [1.165, 1.54) is 5.57 Å². The minimum absolute atomic E-state index is 0.0811. The van der Waals surface area contributed by atoms with Crippen LogP contribution in [0.4, 0.5) is 0 Å². The average molecular weight is 333 g/mol. The largest absolute Gasteiger partial charge is 0.493 e. The van der Waals surface area contributed by atoms with Gasteiger partial charge in [0.05, 0.1) is 12.5 Å². The number of carbonyl (C=O) groups excluding carboxylic acids is 1. The normalized spacial score (nSPS) is 24.7. The molecule has 2 heterocycles. The first-order chi connectivity index (χ1) is 11.3. The van der Waals surface area contributed by atoms with Gasteiger partial charge in [-0.1, -0.05) is 13.0 Å². The van der Waals surface area contributed by atoms with Gasteiger partial charge in [0.15, 0.2) is 0 Å². The van der Waals surface area contributed by atoms with E-state index in [2.05, 4.69) is 17.1 Å². The fraction of sp³-hybridized carbons (Fsp3) is 0.750. The Kier molecular flexibility index (Phi) is 4.78. The lowest BCUT2D eigenvalue weighted by molar-refractivity contribution is -0.160. The maximum absolute atomic E-state index is 12.2. The van der Waals surface area contributed by atoms with Crippen molar-refractivity contribution in [3.63, 3.8) is 0 Å². The van der Waals surface area contributed by atoms with Gasteiger partial charge in [-0.2, -0.15) is 0 Å². The second kappa shape index (κ2) is 6.55. The Morgan fingerprint density at radius 1 is 1.29 bits per heavy atom. The van der Waals surface area contributed by atoms with Crippen LogP contribution >= 0.6 is 0 Å². The van der Waals surface area contributed by atoms with Gasteiger partial charge >= 0.3 is 5.97 Å². The molecular weight excluding hydrogens is 302 g/mol. The third-order valence-corrected chi connectivity index (χ3v) is 5.34. The molecule has 24 heavy (non-hydrogen) atoms. The summed E-state index contributed by atoms with van der Waals surface area (Å²) in [5.74, 6) is 0.964. The van der Waals surface area contributed by atoms with E-state index in [9.17, 15) is 4.79 Å². The lowest BCUT2D eigenvalue weighted by atomic mass is 9.72. The maximum Gasteiger partial charge on any atom is 0.310 e. The molecule has 3 aliphatic rings. The Morgan fingerprint density at radius 2 is 1.96 bits per heavy atom. The molecule has 2 fully saturated rings. The number of esters is 1. The van der Waals surface area contributed by atoms with Crippen LogP contribution in [0.2, 0.25) is 0 Å². The van der Waals surface area contributed by atoms with Crippen molar-refractivity contribution in [2.75, 3.05) is 26.2 Å². The summed E-state index contributed by atoms with van der Waals surface area (Å²) in [6, 6.07) is 0. The number of nitrogens with zero attached hydrogens (tertiary/aromatic N) is 1. The van der Waals surface area contributed by atoms with Gasteiger partial charge < -0.3 is 14.4 Å². The fourth-order valence-corrected chi connectivity index (χ4v) is 4.00. The number of allylic oxidation sites excluding steroid dienone is 3. The fourth-order valence-electron chi connectivity index (χ4n) is 4.00. The van der Waals surface area contributed by atoms with Crippen molar-refractivity contribution in [1.82, 2.24) is 4.90 Å². The molecule has 0 amide bonds. The molecular formula is C20H31NO3. The molecule has 4 heteroatoms. The molecule has 0 N–H and O–H groups in total. The quantitative estimate of drug-likeness (QED) is 0.739. The first-order valence-electron chi connectivity index (χ1n) is 9.28. The molecule has 2 aliphatic heterocycles. The van der Waals surface area contributed by atoms with Crippen LogP contribution in [-0.2, 0) is 14.3 Å². The zero-order chi connectivity index (χ0) is 17.4. The molecule has 1 atom stereocenters. The number of ether oxygens (including phenoxy) is 2. The third kappa shape index (κ3) is 3.69. The van der Waals surface area contributed by atoms with Crippen molar-refractivity contribution in [3.8, 4) is 0 Å². The summed E-state index contributed by atoms with van der Waals surface area (Å²) in [5.41, 5.74) is 1.26. The second-order valence-corrected chi connectivity index (χ2v) is 8.57. The number of carbonyl (C=O) groups is 1. The molecule has 1 aliphatic carbocycles. The lowest BCUT2D eigenvalue weighted by Crippen LogP contribution is -2.44. The predicted octanol–water partition coefficient (Wildman–Crippen LogP) is 3.68. The molecule has 2 saturated heterocycles. The summed E-state index contributed by atoms with van der Waals surface area (Å²) < 4.78 is 11.5. The van der Waals surface area contributed by atoms with Gasteiger partial charge in [-0.3, -0.25) is 4.79 Å². The van der Waals surface area contributed by atoms with E-state index >= 15 is 0 Å². The summed E-state index contributed by atoms with van der Waals surface area (Å²) in [4.78, 5) is 14.6. The molecule has 0 radical (unpaired) electrons. The Balaban J connectivity index is 1.53. The molecule has 0 aromatic heterocycles. The van der Waals surface area contributed by atoms with Crippen LogP contribution in [0.25, 0.3) is 0 Å². The van der Waals surface area contributed by atoms with Crippen molar-refractivity contribution in [3.05, 3.63) is 23.5 Å². The molecule has 0 aromatic rings. The molecule has 1 spiro atoms. The van der Waals surface area contributed by atoms with Crippen LogP contribution in [-0.4, -0.2) is 42.7 Å². The first-order valence-corrected chi connectivity index (χ1v) is 9.28. The minimum atomic E-state index is -0.408. The van der Waals surface area contributed by atoms with Crippen molar-refractivity contribution in [1.29, 1.82) is 0 Å². The van der Waals surface area contributed by atoms with E-state index in [0.29, 0.717) is 0 Å². The maximum atomic E-state index is 12.2. The molecule has 0 saturated carbocycles. The van der Waals surface area contributed by atoms with E-state index < -0.39 is 5.60 Å². The smallest absolute Gasteiger partial charge is 0.310 e. The van der Waals surface area contributed by atoms with Gasteiger partial charge in [-0.05, 0) is 71.2 Å². The van der Waals surface area contributed by atoms with Gasteiger partial charge in [0.2, 0.25) is 0 Å². The summed E-state index contributed by atoms with van der Waals surface area (Å²) in [5, 5.41) is 0. The van der Waals surface area contributed by atoms with Crippen molar-refractivity contribution in [2.45, 2.75) is 59.0 Å². The molecule has 1 unspecified atom stereocenters. The number of hydrogen-bond donors (Lipinski definition) is 0. The molecule has 4 nitrogen and oxygen atoms in total. The first kappa shape index (κ1) is 17.5. The monoisotopic (exact) mass is 333 g/mol. The van der Waals surface area contributed by atoms with Crippen LogP contribution in [0.3, 0.4) is 0 Å². The highest BCUT2D eigenvalue weighted by molar-refractivity contribution is 5.72. The summed E-state index contributed by atoms with van der Waals surface area (Å²) >= 11 is 0. The highest BCUT2D eigenvalue weighted by atomic mass is 16.6. The number of rotatable bonds is 3. The van der Waals surface area contributed by atoms with E-state index in [4.69, 9.17) is 9.47 Å². The van der Waals surface area contributed by atoms with Crippen LogP contribution in [0.15, 0.2) is 23.5 Å². The van der Waals surface area contributed by atoms with E-state index in [1.54, 1.807) is 0 Å². The SMILES string of the molecule is CC(CN1CCC2(CC1)COC1=CCCC=C12)C(=O)OC(C)(C)C. The van der Waals surface area contributed by atoms with E-state index in [1.807, 2.05) is 27.7 Å². The highest BCUT2D eigenvalue weighted by Crippen LogP contribution is 2.49. The van der Waals surface area contributed by atoms with Crippen LogP contribution in [0, 0.1) is 11.3 Å². The number of piperidine rings is 1. The van der Waals surface area contributed by atoms with Crippen molar-refractivity contribution >= 4 is 5.97 Å². The lowest BCUT2D eigenvalue weighted by Gasteiger charge is -2.39. The Hall–Kier alpha value is -1.29. The summed E-state index contributed by atoms with van der Waals surface area (Å²) in [6.07, 6.45) is 9.13. The second-order valence-electron chi connectivity index (χ2n) is 8.57. The number of likely N-dealkylation sites (tertiary alicyclic amines) is 1. The van der Waals surface area contributed by atoms with E-state index in [-0.39, 0.29) is 17.3 Å². The third-order valence-electron chi connectivity index (χ3n) is 5.34. The van der Waals surface area contributed by atoms with Gasteiger partial charge in [-0.25, -0.2) is 0 Å². The molecule has 3 rings (SSSR count). The van der Waals surface area contributed by atoms with Gasteiger partial charge in [0.25, 0.3) is 0 Å². The Bertz CT molecular complexity index is 548. The van der Waals surface area contributed by atoms with Crippen LogP contribution in [0.5, 0.6) is 0 Å². The standard InChI is InChI=1S/C20H31NO3/c1-15(18(22)24-19(2,3)4)13-21-11-9-20(10-12-21)14-23-17-8-6-5-7-16(17)20/h7-8,15H,5-6,9-14H2,1-4H3. The number of hydrogen-bond acceptors (Lipinski definition) is 4. The number of fused-ring (bicyclic) bond motifs is 2. The van der Waals surface area contributed by atoms with Gasteiger partial charge in [-0.15, -0.1) is 0 Å². The topological polar surface area (TPSA) is 38.8 Å². The molecule has 0 aromatic carbocycles. The van der Waals surface area contributed by atoms with Gasteiger partial charge in [0.1, 0.15) is 11.4 Å². The zero-order valence-electron chi connectivity index (χ0n) is 15.6. The summed E-state index contributed by atoms with van der Waals surface area (Å²) in [6.45, 7) is 11.4. The molecule has 0 bridgehead atoms. The highest BCUT2D eigenvalue weighted by Gasteiger charge is 2.45. The van der Waals surface area contributed by atoms with Crippen molar-refractivity contribution < 1.29 is 14.3 Å². The van der Waals surface area contributed by atoms with Crippen LogP contribution in [0.1, 0.15) is 53.4 Å². The molecule has 134 valence electrons.